The Kier molecular flexibility index (Phi) is 2.33. The van der Waals surface area contributed by atoms with E-state index in [1.54, 1.807) is 24.5 Å². The Hall–Kier alpha value is -1.97. The van der Waals surface area contributed by atoms with Crippen molar-refractivity contribution in [3.05, 3.63) is 36.4 Å². The van der Waals surface area contributed by atoms with E-state index in [-0.39, 0.29) is 5.75 Å². The van der Waals surface area contributed by atoms with E-state index in [0.29, 0.717) is 5.75 Å². The van der Waals surface area contributed by atoms with Crippen LogP contribution < -0.4 is 4.74 Å². The number of aromatic hydroxyl groups is 1. The number of hydrogen-bond acceptors (Lipinski definition) is 3. The van der Waals surface area contributed by atoms with Crippen molar-refractivity contribution in [1.82, 2.24) is 9.55 Å². The molecule has 0 atom stereocenters. The zero-order chi connectivity index (χ0) is 10.8. The molecule has 0 aliphatic carbocycles. The number of methoxy groups -OCH3 is 1. The van der Waals surface area contributed by atoms with Crippen LogP contribution in [0.1, 0.15) is 5.69 Å². The summed E-state index contributed by atoms with van der Waals surface area (Å²) in [5.74, 6) is 0.594. The second kappa shape index (κ2) is 3.65. The van der Waals surface area contributed by atoms with Gasteiger partial charge in [-0.1, -0.05) is 0 Å². The van der Waals surface area contributed by atoms with Gasteiger partial charge in [0.1, 0.15) is 0 Å². The van der Waals surface area contributed by atoms with Gasteiger partial charge in [-0.3, -0.25) is 0 Å². The average Bonchev–Trinajstić information content (AvgIpc) is 2.66. The first-order valence-corrected chi connectivity index (χ1v) is 4.58. The molecule has 0 unspecified atom stereocenters. The van der Waals surface area contributed by atoms with Gasteiger partial charge in [-0.15, -0.1) is 0 Å². The molecule has 4 nitrogen and oxygen atoms in total. The fourth-order valence-electron chi connectivity index (χ4n) is 1.39. The molecular weight excluding hydrogens is 192 g/mol. The number of phenols is 1. The van der Waals surface area contributed by atoms with Crippen LogP contribution in [0.4, 0.5) is 0 Å². The molecule has 0 amide bonds. The summed E-state index contributed by atoms with van der Waals surface area (Å²) in [6, 6.07) is 5.17. The largest absolute Gasteiger partial charge is 0.504 e. The van der Waals surface area contributed by atoms with Crippen molar-refractivity contribution in [3.8, 4) is 17.2 Å². The molecule has 0 saturated heterocycles. The number of imidazole rings is 1. The highest BCUT2D eigenvalue weighted by Gasteiger charge is 2.04. The van der Waals surface area contributed by atoms with E-state index in [9.17, 15) is 5.11 Å². The molecule has 0 radical (unpaired) electrons. The first-order chi connectivity index (χ1) is 7.20. The lowest BCUT2D eigenvalue weighted by atomic mass is 10.3. The van der Waals surface area contributed by atoms with Crippen molar-refractivity contribution in [2.75, 3.05) is 7.11 Å². The Balaban J connectivity index is 2.45. The van der Waals surface area contributed by atoms with Crippen LogP contribution in [-0.4, -0.2) is 21.8 Å². The van der Waals surface area contributed by atoms with Crippen molar-refractivity contribution in [2.24, 2.45) is 0 Å². The van der Waals surface area contributed by atoms with Gasteiger partial charge in [-0.05, 0) is 19.1 Å². The van der Waals surface area contributed by atoms with Crippen molar-refractivity contribution in [3.63, 3.8) is 0 Å². The molecule has 1 aromatic heterocycles. The summed E-state index contributed by atoms with van der Waals surface area (Å²) >= 11 is 0. The maximum atomic E-state index is 9.44. The first kappa shape index (κ1) is 9.58. The van der Waals surface area contributed by atoms with Crippen LogP contribution in [-0.2, 0) is 0 Å². The fraction of sp³-hybridized carbons (Fsp3) is 0.182. The highest BCUT2D eigenvalue weighted by atomic mass is 16.5. The van der Waals surface area contributed by atoms with Gasteiger partial charge < -0.3 is 14.4 Å². The third-order valence-electron chi connectivity index (χ3n) is 2.17. The quantitative estimate of drug-likeness (QED) is 0.812. The minimum atomic E-state index is 0.137. The minimum absolute atomic E-state index is 0.137. The number of aryl methyl sites for hydroxylation is 1. The molecule has 2 rings (SSSR count). The second-order valence-electron chi connectivity index (χ2n) is 3.28. The Bertz CT molecular complexity index is 477. The fourth-order valence-corrected chi connectivity index (χ4v) is 1.39. The summed E-state index contributed by atoms with van der Waals surface area (Å²) < 4.78 is 6.90. The number of ether oxygens (including phenoxy) is 1. The molecule has 2 aromatic rings. The molecule has 0 saturated carbocycles. The molecule has 0 aliphatic rings. The number of rotatable bonds is 2. The van der Waals surface area contributed by atoms with Crippen molar-refractivity contribution < 1.29 is 9.84 Å². The molecule has 1 N–H and O–H groups in total. The van der Waals surface area contributed by atoms with E-state index in [2.05, 4.69) is 4.98 Å². The maximum absolute atomic E-state index is 9.44. The summed E-state index contributed by atoms with van der Waals surface area (Å²) in [5, 5.41) is 9.44. The van der Waals surface area contributed by atoms with Gasteiger partial charge in [0.25, 0.3) is 0 Å². The maximum Gasteiger partial charge on any atom is 0.162 e. The number of phenolic OH excluding ortho intramolecular Hbond substituents is 1. The predicted octanol–water partition coefficient (Wildman–Crippen LogP) is 1.89. The molecule has 0 fully saturated rings. The van der Waals surface area contributed by atoms with E-state index >= 15 is 0 Å². The highest BCUT2D eigenvalue weighted by Crippen LogP contribution is 2.27. The molecule has 1 aromatic carbocycles. The molecular formula is C11H12N2O2. The zero-order valence-corrected chi connectivity index (χ0v) is 8.64. The molecule has 4 heteroatoms. The topological polar surface area (TPSA) is 47.3 Å². The smallest absolute Gasteiger partial charge is 0.162 e. The van der Waals surface area contributed by atoms with Crippen LogP contribution in [0.15, 0.2) is 30.7 Å². The molecule has 0 aliphatic heterocycles. The Morgan fingerprint density at radius 1 is 1.40 bits per heavy atom. The third-order valence-corrected chi connectivity index (χ3v) is 2.17. The number of benzene rings is 1. The van der Waals surface area contributed by atoms with Crippen molar-refractivity contribution >= 4 is 0 Å². The van der Waals surface area contributed by atoms with Crippen LogP contribution in [0.2, 0.25) is 0 Å². The predicted molar refractivity (Wildman–Crippen MR) is 56.5 cm³/mol. The number of nitrogens with zero attached hydrogens (tertiary/aromatic N) is 2. The lowest BCUT2D eigenvalue weighted by Gasteiger charge is -2.06. The van der Waals surface area contributed by atoms with Crippen molar-refractivity contribution in [1.29, 1.82) is 0 Å². The molecule has 0 spiro atoms. The SMILES string of the molecule is COc1cc(-n2cnc(C)c2)ccc1O. The highest BCUT2D eigenvalue weighted by molar-refractivity contribution is 5.48. The van der Waals surface area contributed by atoms with Gasteiger partial charge in [0.15, 0.2) is 11.5 Å². The summed E-state index contributed by atoms with van der Waals surface area (Å²) in [4.78, 5) is 4.13. The van der Waals surface area contributed by atoms with Crippen LogP contribution in [0.3, 0.4) is 0 Å². The van der Waals surface area contributed by atoms with Gasteiger partial charge in [0.2, 0.25) is 0 Å². The Morgan fingerprint density at radius 2 is 2.20 bits per heavy atom. The van der Waals surface area contributed by atoms with E-state index < -0.39 is 0 Å². The molecule has 0 bridgehead atoms. The van der Waals surface area contributed by atoms with E-state index in [1.165, 1.54) is 7.11 Å². The first-order valence-electron chi connectivity index (χ1n) is 4.58. The van der Waals surface area contributed by atoms with Gasteiger partial charge >= 0.3 is 0 Å². The van der Waals surface area contributed by atoms with Crippen LogP contribution in [0.25, 0.3) is 5.69 Å². The third kappa shape index (κ3) is 1.79. The number of hydrogen-bond donors (Lipinski definition) is 1. The van der Waals surface area contributed by atoms with Crippen LogP contribution in [0.5, 0.6) is 11.5 Å². The van der Waals surface area contributed by atoms with Gasteiger partial charge in [0.05, 0.1) is 24.8 Å². The summed E-state index contributed by atoms with van der Waals surface area (Å²) in [7, 11) is 1.53. The summed E-state index contributed by atoms with van der Waals surface area (Å²) in [6.45, 7) is 1.92. The van der Waals surface area contributed by atoms with Crippen molar-refractivity contribution in [2.45, 2.75) is 6.92 Å². The van der Waals surface area contributed by atoms with E-state index in [1.807, 2.05) is 17.7 Å². The standard InChI is InChI=1S/C11H12N2O2/c1-8-6-13(7-12-8)9-3-4-10(14)11(5-9)15-2/h3-7,14H,1-2H3. The van der Waals surface area contributed by atoms with Gasteiger partial charge in [-0.25, -0.2) is 4.98 Å². The molecule has 1 heterocycles. The van der Waals surface area contributed by atoms with Crippen LogP contribution in [0, 0.1) is 6.92 Å². The lowest BCUT2D eigenvalue weighted by molar-refractivity contribution is 0.373. The lowest BCUT2D eigenvalue weighted by Crippen LogP contribution is -1.91. The zero-order valence-electron chi connectivity index (χ0n) is 8.64. The monoisotopic (exact) mass is 204 g/mol. The van der Waals surface area contributed by atoms with Crippen LogP contribution >= 0.6 is 0 Å². The molecule has 15 heavy (non-hydrogen) atoms. The van der Waals surface area contributed by atoms with E-state index in [0.717, 1.165) is 11.4 Å². The van der Waals surface area contributed by atoms with Gasteiger partial charge in [0, 0.05) is 12.3 Å². The van der Waals surface area contributed by atoms with E-state index in [4.69, 9.17) is 4.74 Å². The Labute approximate surface area is 87.8 Å². The van der Waals surface area contributed by atoms with Gasteiger partial charge in [-0.2, -0.15) is 0 Å². The number of aromatic nitrogens is 2. The second-order valence-corrected chi connectivity index (χ2v) is 3.28. The molecule has 78 valence electrons. The minimum Gasteiger partial charge on any atom is -0.504 e. The Morgan fingerprint density at radius 3 is 2.80 bits per heavy atom. The summed E-state index contributed by atoms with van der Waals surface area (Å²) in [6.07, 6.45) is 3.63. The summed E-state index contributed by atoms with van der Waals surface area (Å²) in [5.41, 5.74) is 1.85. The average molecular weight is 204 g/mol. The normalized spacial score (nSPS) is 10.3.